The molecular formula is C20H24N4O2S. The van der Waals surface area contributed by atoms with Gasteiger partial charge in [-0.1, -0.05) is 6.42 Å². The molecule has 1 atom stereocenters. The summed E-state index contributed by atoms with van der Waals surface area (Å²) in [5.41, 5.74) is 1.62. The van der Waals surface area contributed by atoms with Crippen molar-refractivity contribution in [2.24, 2.45) is 5.92 Å². The van der Waals surface area contributed by atoms with Crippen molar-refractivity contribution in [3.05, 3.63) is 47.5 Å². The Kier molecular flexibility index (Phi) is 4.79. The van der Waals surface area contributed by atoms with Crippen molar-refractivity contribution < 1.29 is 8.42 Å². The summed E-state index contributed by atoms with van der Waals surface area (Å²) < 4.78 is 29.7. The van der Waals surface area contributed by atoms with E-state index in [-0.39, 0.29) is 4.90 Å². The summed E-state index contributed by atoms with van der Waals surface area (Å²) in [5.74, 6) is 2.04. The van der Waals surface area contributed by atoms with Crippen LogP contribution in [0.15, 0.2) is 35.4 Å². The van der Waals surface area contributed by atoms with Gasteiger partial charge in [0.05, 0.1) is 16.5 Å². The van der Waals surface area contributed by atoms with Crippen LogP contribution in [-0.2, 0) is 16.6 Å². The zero-order valence-corrected chi connectivity index (χ0v) is 16.3. The summed E-state index contributed by atoms with van der Waals surface area (Å²) in [6.07, 6.45) is 6.49. The average Bonchev–Trinajstić information content (AvgIpc) is 3.23. The Hall–Kier alpha value is -2.17. The maximum atomic E-state index is 12.9. The monoisotopic (exact) mass is 384 g/mol. The molecule has 2 heterocycles. The van der Waals surface area contributed by atoms with Crippen LogP contribution in [0.1, 0.15) is 48.7 Å². The van der Waals surface area contributed by atoms with E-state index < -0.39 is 10.0 Å². The van der Waals surface area contributed by atoms with E-state index in [1.807, 2.05) is 12.3 Å². The highest BCUT2D eigenvalue weighted by atomic mass is 32.2. The van der Waals surface area contributed by atoms with Crippen molar-refractivity contribution in [3.8, 4) is 6.07 Å². The van der Waals surface area contributed by atoms with E-state index in [0.717, 1.165) is 18.7 Å². The van der Waals surface area contributed by atoms with Gasteiger partial charge in [0.1, 0.15) is 5.82 Å². The first-order valence-electron chi connectivity index (χ1n) is 9.51. The van der Waals surface area contributed by atoms with E-state index in [1.165, 1.54) is 37.2 Å². The molecule has 0 bridgehead atoms. The molecule has 2 aliphatic rings. The van der Waals surface area contributed by atoms with E-state index in [4.69, 9.17) is 5.26 Å². The number of aromatic nitrogens is 2. The molecule has 1 saturated carbocycles. The number of nitriles is 1. The average molecular weight is 385 g/mol. The largest absolute Gasteiger partial charge is 0.332 e. The molecule has 1 aliphatic heterocycles. The molecule has 0 spiro atoms. The molecule has 27 heavy (non-hydrogen) atoms. The van der Waals surface area contributed by atoms with Gasteiger partial charge in [-0.25, -0.2) is 13.4 Å². The van der Waals surface area contributed by atoms with Gasteiger partial charge in [0.2, 0.25) is 10.0 Å². The topological polar surface area (TPSA) is 79.0 Å². The van der Waals surface area contributed by atoms with Gasteiger partial charge in [0.25, 0.3) is 0 Å². The second kappa shape index (κ2) is 7.10. The molecular weight excluding hydrogens is 360 g/mol. The number of sulfonamides is 1. The maximum absolute atomic E-state index is 12.9. The number of imidazole rings is 1. The summed E-state index contributed by atoms with van der Waals surface area (Å²) in [6, 6.07) is 8.18. The fraction of sp³-hybridized carbons (Fsp3) is 0.500. The molecule has 6 nitrogen and oxygen atoms in total. The van der Waals surface area contributed by atoms with E-state index in [1.54, 1.807) is 16.4 Å². The van der Waals surface area contributed by atoms with Gasteiger partial charge < -0.3 is 4.57 Å². The zero-order valence-electron chi connectivity index (χ0n) is 15.5. The van der Waals surface area contributed by atoms with Crippen LogP contribution in [0.25, 0.3) is 0 Å². The molecule has 0 radical (unpaired) electrons. The van der Waals surface area contributed by atoms with Crippen LogP contribution >= 0.6 is 0 Å². The first-order chi connectivity index (χ1) is 13.0. The van der Waals surface area contributed by atoms with Gasteiger partial charge >= 0.3 is 0 Å². The molecule has 1 unspecified atom stereocenters. The molecule has 1 aromatic heterocycles. The molecule has 1 aliphatic carbocycles. The standard InChI is InChI=1S/C20H24N4O2S/c1-15-12-22-20(18-3-2-4-18)24(15)14-17-9-10-23(13-17)27(25,26)19-7-5-16(11-21)6-8-19/h5-8,12,17-18H,2-4,9-10,13-14H2,1H3. The molecule has 1 saturated heterocycles. The third-order valence-corrected chi connectivity index (χ3v) is 7.75. The maximum Gasteiger partial charge on any atom is 0.243 e. The molecule has 142 valence electrons. The van der Waals surface area contributed by atoms with E-state index in [9.17, 15) is 8.42 Å². The molecule has 0 N–H and O–H groups in total. The number of rotatable bonds is 5. The lowest BCUT2D eigenvalue weighted by atomic mass is 9.84. The zero-order chi connectivity index (χ0) is 19.0. The Labute approximate surface area is 160 Å². The van der Waals surface area contributed by atoms with Crippen LogP contribution in [0.5, 0.6) is 0 Å². The first kappa shape index (κ1) is 18.2. The lowest BCUT2D eigenvalue weighted by Crippen LogP contribution is -2.29. The minimum atomic E-state index is -3.51. The third kappa shape index (κ3) is 3.40. The van der Waals surface area contributed by atoms with E-state index in [2.05, 4.69) is 16.5 Å². The van der Waals surface area contributed by atoms with E-state index >= 15 is 0 Å². The quantitative estimate of drug-likeness (QED) is 0.794. The lowest BCUT2D eigenvalue weighted by molar-refractivity contribution is 0.364. The van der Waals surface area contributed by atoms with Gasteiger partial charge in [-0.15, -0.1) is 0 Å². The minimum Gasteiger partial charge on any atom is -0.332 e. The molecule has 2 aromatic rings. The predicted molar refractivity (Wildman–Crippen MR) is 102 cm³/mol. The van der Waals surface area contributed by atoms with Gasteiger partial charge in [-0.05, 0) is 56.4 Å². The second-order valence-corrected chi connectivity index (χ2v) is 9.59. The molecule has 4 rings (SSSR count). The number of nitrogens with zero attached hydrogens (tertiary/aromatic N) is 4. The number of hydrogen-bond donors (Lipinski definition) is 0. The summed E-state index contributed by atoms with van der Waals surface area (Å²) in [7, 11) is -3.51. The van der Waals surface area contributed by atoms with Crippen LogP contribution in [0, 0.1) is 24.2 Å². The fourth-order valence-electron chi connectivity index (χ4n) is 3.98. The minimum absolute atomic E-state index is 0.260. The SMILES string of the molecule is Cc1cnc(C2CCC2)n1CC1CCN(S(=O)(=O)c2ccc(C#N)cc2)C1. The van der Waals surface area contributed by atoms with Crippen molar-refractivity contribution in [1.29, 1.82) is 5.26 Å². The Morgan fingerprint density at radius 3 is 2.59 bits per heavy atom. The normalized spacial score (nSPS) is 21.1. The van der Waals surface area contributed by atoms with Crippen LogP contribution in [0.3, 0.4) is 0 Å². The Morgan fingerprint density at radius 1 is 1.22 bits per heavy atom. The number of benzene rings is 1. The van der Waals surface area contributed by atoms with Gasteiger partial charge in [0.15, 0.2) is 0 Å². The van der Waals surface area contributed by atoms with Crippen LogP contribution < -0.4 is 0 Å². The number of aryl methyl sites for hydroxylation is 1. The number of hydrogen-bond acceptors (Lipinski definition) is 4. The predicted octanol–water partition coefficient (Wildman–Crippen LogP) is 3.04. The van der Waals surface area contributed by atoms with Crippen molar-refractivity contribution in [1.82, 2.24) is 13.9 Å². The van der Waals surface area contributed by atoms with Crippen LogP contribution in [-0.4, -0.2) is 35.4 Å². The van der Waals surface area contributed by atoms with Gasteiger partial charge in [0, 0.05) is 37.4 Å². The first-order valence-corrected chi connectivity index (χ1v) is 11.0. The fourth-order valence-corrected chi connectivity index (χ4v) is 5.51. The van der Waals surface area contributed by atoms with Crippen molar-refractivity contribution >= 4 is 10.0 Å². The Bertz CT molecular complexity index is 968. The molecule has 2 fully saturated rings. The van der Waals surface area contributed by atoms with Gasteiger partial charge in [-0.3, -0.25) is 0 Å². The highest BCUT2D eigenvalue weighted by molar-refractivity contribution is 7.89. The van der Waals surface area contributed by atoms with Gasteiger partial charge in [-0.2, -0.15) is 9.57 Å². The third-order valence-electron chi connectivity index (χ3n) is 5.87. The van der Waals surface area contributed by atoms with Crippen molar-refractivity contribution in [3.63, 3.8) is 0 Å². The summed E-state index contributed by atoms with van der Waals surface area (Å²) in [4.78, 5) is 4.88. The summed E-state index contributed by atoms with van der Waals surface area (Å²) >= 11 is 0. The van der Waals surface area contributed by atoms with E-state index in [0.29, 0.717) is 30.5 Å². The highest BCUT2D eigenvalue weighted by Crippen LogP contribution is 2.36. The van der Waals surface area contributed by atoms with Crippen molar-refractivity contribution in [2.45, 2.75) is 50.0 Å². The van der Waals surface area contributed by atoms with Crippen LogP contribution in [0.4, 0.5) is 0 Å². The Morgan fingerprint density at radius 2 is 1.96 bits per heavy atom. The molecule has 0 amide bonds. The smallest absolute Gasteiger partial charge is 0.243 e. The summed E-state index contributed by atoms with van der Waals surface area (Å²) in [5, 5.41) is 8.89. The molecule has 1 aromatic carbocycles. The van der Waals surface area contributed by atoms with Crippen LogP contribution in [0.2, 0.25) is 0 Å². The second-order valence-electron chi connectivity index (χ2n) is 7.65. The molecule has 7 heteroatoms. The highest BCUT2D eigenvalue weighted by Gasteiger charge is 2.34. The van der Waals surface area contributed by atoms with Crippen molar-refractivity contribution in [2.75, 3.05) is 13.1 Å². The summed E-state index contributed by atoms with van der Waals surface area (Å²) in [6.45, 7) is 3.98. The lowest BCUT2D eigenvalue weighted by Gasteiger charge is -2.27. The Balaban J connectivity index is 1.47.